The highest BCUT2D eigenvalue weighted by Gasteiger charge is 2.26. The first-order valence-corrected chi connectivity index (χ1v) is 8.03. The Morgan fingerprint density at radius 2 is 2.04 bits per heavy atom. The van der Waals surface area contributed by atoms with Gasteiger partial charge >= 0.3 is 6.03 Å². The first-order valence-electron chi connectivity index (χ1n) is 8.03. The summed E-state index contributed by atoms with van der Waals surface area (Å²) in [5, 5.41) is 7.17. The van der Waals surface area contributed by atoms with Gasteiger partial charge in [0, 0.05) is 40.8 Å². The summed E-state index contributed by atoms with van der Waals surface area (Å²) >= 11 is 0. The second-order valence-corrected chi connectivity index (χ2v) is 6.06. The number of benzene rings is 2. The lowest BCUT2D eigenvalue weighted by Gasteiger charge is -2.14. The quantitative estimate of drug-likeness (QED) is 0.691. The molecule has 2 aromatic carbocycles. The zero-order valence-electron chi connectivity index (χ0n) is 13.4. The van der Waals surface area contributed by atoms with Crippen LogP contribution in [-0.4, -0.2) is 24.2 Å². The molecule has 1 atom stereocenters. The summed E-state index contributed by atoms with van der Waals surface area (Å²) in [7, 11) is 1.61. The van der Waals surface area contributed by atoms with Crippen LogP contribution >= 0.6 is 0 Å². The van der Waals surface area contributed by atoms with Crippen LogP contribution in [-0.2, 0) is 12.8 Å². The zero-order chi connectivity index (χ0) is 16.5. The van der Waals surface area contributed by atoms with Gasteiger partial charge in [0.15, 0.2) is 0 Å². The van der Waals surface area contributed by atoms with Crippen LogP contribution in [0, 0.1) is 0 Å². The van der Waals surface area contributed by atoms with Gasteiger partial charge in [-0.15, -0.1) is 0 Å². The summed E-state index contributed by atoms with van der Waals surface area (Å²) in [6.45, 7) is 0. The van der Waals surface area contributed by atoms with E-state index in [1.807, 2.05) is 30.3 Å². The molecule has 1 aromatic heterocycles. The van der Waals surface area contributed by atoms with Gasteiger partial charge in [0.2, 0.25) is 0 Å². The van der Waals surface area contributed by atoms with Crippen molar-refractivity contribution in [2.75, 3.05) is 12.4 Å². The maximum Gasteiger partial charge on any atom is 0.319 e. The van der Waals surface area contributed by atoms with Crippen LogP contribution in [0.5, 0.6) is 5.75 Å². The molecular weight excluding hydrogens is 302 g/mol. The van der Waals surface area contributed by atoms with Crippen molar-refractivity contribution in [3.05, 3.63) is 59.8 Å². The van der Waals surface area contributed by atoms with Crippen molar-refractivity contribution < 1.29 is 9.53 Å². The third-order valence-electron chi connectivity index (χ3n) is 4.47. The number of ether oxygens (including phenoxy) is 1. The normalized spacial score (nSPS) is 16.0. The number of aromatic nitrogens is 1. The highest BCUT2D eigenvalue weighted by Crippen LogP contribution is 2.30. The number of fused-ring (bicyclic) bond motifs is 3. The molecule has 5 heteroatoms. The Hall–Kier alpha value is -2.95. The maximum absolute atomic E-state index is 12.2. The van der Waals surface area contributed by atoms with Crippen molar-refractivity contribution in [3.63, 3.8) is 0 Å². The van der Waals surface area contributed by atoms with Gasteiger partial charge in [0.25, 0.3) is 0 Å². The molecular formula is C19H19N3O2. The molecule has 0 radical (unpaired) electrons. The molecule has 0 fully saturated rings. The number of aromatic amines is 1. The molecule has 1 unspecified atom stereocenters. The van der Waals surface area contributed by atoms with Crippen molar-refractivity contribution in [2.24, 2.45) is 0 Å². The third-order valence-corrected chi connectivity index (χ3v) is 4.47. The van der Waals surface area contributed by atoms with Crippen LogP contribution in [0.3, 0.4) is 0 Å². The minimum Gasteiger partial charge on any atom is -0.497 e. The maximum atomic E-state index is 12.2. The van der Waals surface area contributed by atoms with Gasteiger partial charge in [-0.05, 0) is 30.2 Å². The molecule has 0 saturated heterocycles. The smallest absolute Gasteiger partial charge is 0.319 e. The van der Waals surface area contributed by atoms with Gasteiger partial charge in [-0.25, -0.2) is 4.79 Å². The van der Waals surface area contributed by atoms with E-state index in [0.29, 0.717) is 5.69 Å². The van der Waals surface area contributed by atoms with E-state index < -0.39 is 0 Å². The van der Waals surface area contributed by atoms with E-state index in [-0.39, 0.29) is 12.1 Å². The van der Waals surface area contributed by atoms with Gasteiger partial charge in [-0.3, -0.25) is 0 Å². The van der Waals surface area contributed by atoms with Gasteiger partial charge in [0.05, 0.1) is 7.11 Å². The van der Waals surface area contributed by atoms with Crippen LogP contribution in [0.2, 0.25) is 0 Å². The molecule has 4 rings (SSSR count). The summed E-state index contributed by atoms with van der Waals surface area (Å²) in [5.74, 6) is 0.718. The first-order chi connectivity index (χ1) is 11.7. The molecule has 3 N–H and O–H groups in total. The van der Waals surface area contributed by atoms with Crippen LogP contribution in [0.1, 0.15) is 11.3 Å². The number of methoxy groups -OCH3 is 1. The Balaban J connectivity index is 1.42. The average Bonchev–Trinajstić information content (AvgIpc) is 3.12. The van der Waals surface area contributed by atoms with E-state index in [2.05, 4.69) is 27.8 Å². The number of nitrogens with one attached hydrogen (secondary N) is 3. The number of H-pyrrole nitrogens is 1. The average molecular weight is 321 g/mol. The number of hydrogen-bond acceptors (Lipinski definition) is 2. The standard InChI is InChI=1S/C19H19N3O2/c1-24-14-6-4-5-12(9-14)20-19(23)21-13-10-16-15-7-2-3-8-17(15)22-18(16)11-13/h2-9,13,22H,10-11H2,1H3,(H2,20,21,23). The van der Waals surface area contributed by atoms with Crippen molar-refractivity contribution >= 4 is 22.6 Å². The lowest BCUT2D eigenvalue weighted by Crippen LogP contribution is -2.38. The Kier molecular flexibility index (Phi) is 3.61. The highest BCUT2D eigenvalue weighted by molar-refractivity contribution is 5.90. The van der Waals surface area contributed by atoms with Crippen molar-refractivity contribution in [1.29, 1.82) is 0 Å². The SMILES string of the molecule is COc1cccc(NC(=O)NC2Cc3[nH]c4ccccc4c3C2)c1. The molecule has 1 heterocycles. The molecule has 1 aliphatic rings. The number of carbonyl (C=O) groups is 1. The predicted molar refractivity (Wildman–Crippen MR) is 94.6 cm³/mol. The number of hydrogen-bond donors (Lipinski definition) is 3. The first kappa shape index (κ1) is 14.6. The monoisotopic (exact) mass is 321 g/mol. The summed E-state index contributed by atoms with van der Waals surface area (Å²) < 4.78 is 5.17. The molecule has 122 valence electrons. The number of carbonyl (C=O) groups excluding carboxylic acids is 1. The Morgan fingerprint density at radius 1 is 1.17 bits per heavy atom. The summed E-state index contributed by atoms with van der Waals surface area (Å²) in [6, 6.07) is 15.5. The van der Waals surface area contributed by atoms with Crippen LogP contribution in [0.25, 0.3) is 10.9 Å². The van der Waals surface area contributed by atoms with Gasteiger partial charge in [-0.1, -0.05) is 24.3 Å². The number of urea groups is 1. The van der Waals surface area contributed by atoms with Crippen molar-refractivity contribution in [2.45, 2.75) is 18.9 Å². The topological polar surface area (TPSA) is 66.2 Å². The molecule has 0 aliphatic heterocycles. The minimum absolute atomic E-state index is 0.112. The van der Waals surface area contributed by atoms with E-state index in [1.54, 1.807) is 13.2 Å². The van der Waals surface area contributed by atoms with Gasteiger partial charge < -0.3 is 20.4 Å². The Bertz CT molecular complexity index is 901. The fraction of sp³-hybridized carbons (Fsp3) is 0.211. The summed E-state index contributed by atoms with van der Waals surface area (Å²) in [4.78, 5) is 15.7. The van der Waals surface area contributed by atoms with Gasteiger partial charge in [0.1, 0.15) is 5.75 Å². The largest absolute Gasteiger partial charge is 0.497 e. The van der Waals surface area contributed by atoms with Crippen molar-refractivity contribution in [1.82, 2.24) is 10.3 Å². The predicted octanol–water partition coefficient (Wildman–Crippen LogP) is 3.47. The summed E-state index contributed by atoms with van der Waals surface area (Å²) in [5.41, 5.74) is 4.43. The Morgan fingerprint density at radius 3 is 2.92 bits per heavy atom. The van der Waals surface area contributed by atoms with E-state index in [0.717, 1.165) is 18.6 Å². The second-order valence-electron chi connectivity index (χ2n) is 6.06. The Labute approximate surface area is 140 Å². The number of rotatable bonds is 3. The third kappa shape index (κ3) is 2.69. The number of para-hydroxylation sites is 1. The molecule has 3 aromatic rings. The van der Waals surface area contributed by atoms with Crippen LogP contribution < -0.4 is 15.4 Å². The van der Waals surface area contributed by atoms with Crippen LogP contribution in [0.15, 0.2) is 48.5 Å². The fourth-order valence-electron chi connectivity index (χ4n) is 3.38. The molecule has 0 bridgehead atoms. The molecule has 24 heavy (non-hydrogen) atoms. The number of amides is 2. The second kappa shape index (κ2) is 5.92. The minimum atomic E-state index is -0.192. The molecule has 5 nitrogen and oxygen atoms in total. The highest BCUT2D eigenvalue weighted by atomic mass is 16.5. The van der Waals surface area contributed by atoms with E-state index in [4.69, 9.17) is 4.74 Å². The van der Waals surface area contributed by atoms with Crippen LogP contribution in [0.4, 0.5) is 10.5 Å². The van der Waals surface area contributed by atoms with E-state index >= 15 is 0 Å². The lowest BCUT2D eigenvalue weighted by atomic mass is 10.1. The summed E-state index contributed by atoms with van der Waals surface area (Å²) in [6.07, 6.45) is 1.68. The van der Waals surface area contributed by atoms with Crippen molar-refractivity contribution in [3.8, 4) is 5.75 Å². The van der Waals surface area contributed by atoms with E-state index in [1.165, 1.54) is 22.2 Å². The zero-order valence-corrected chi connectivity index (χ0v) is 13.4. The van der Waals surface area contributed by atoms with Gasteiger partial charge in [-0.2, -0.15) is 0 Å². The lowest BCUT2D eigenvalue weighted by molar-refractivity contribution is 0.249. The molecule has 0 spiro atoms. The molecule has 2 amide bonds. The fourth-order valence-corrected chi connectivity index (χ4v) is 3.38. The number of anilines is 1. The molecule has 0 saturated carbocycles. The van der Waals surface area contributed by atoms with E-state index in [9.17, 15) is 4.79 Å². The molecule has 1 aliphatic carbocycles.